The summed E-state index contributed by atoms with van der Waals surface area (Å²) in [7, 11) is 0. The molecule has 1 aromatic carbocycles. The Balaban J connectivity index is 1.98. The maximum absolute atomic E-state index is 12.2. The van der Waals surface area contributed by atoms with Crippen LogP contribution >= 0.6 is 0 Å². The third kappa shape index (κ3) is 3.72. The van der Waals surface area contributed by atoms with E-state index in [9.17, 15) is 4.79 Å². The zero-order valence-electron chi connectivity index (χ0n) is 11.9. The van der Waals surface area contributed by atoms with Crippen LogP contribution in [0, 0.1) is 12.8 Å². The van der Waals surface area contributed by atoms with Crippen LogP contribution in [0.5, 0.6) is 0 Å². The van der Waals surface area contributed by atoms with Crippen molar-refractivity contribution in [1.82, 2.24) is 5.32 Å². The Hall–Kier alpha value is -1.51. The molecule has 1 aromatic rings. The zero-order chi connectivity index (χ0) is 13.8. The van der Waals surface area contributed by atoms with Gasteiger partial charge in [-0.3, -0.25) is 4.79 Å². The number of hydrogen-bond acceptors (Lipinski definition) is 2. The van der Waals surface area contributed by atoms with E-state index >= 15 is 0 Å². The van der Waals surface area contributed by atoms with Gasteiger partial charge in [0, 0.05) is 17.3 Å². The maximum Gasteiger partial charge on any atom is 0.251 e. The fraction of sp³-hybridized carbons (Fsp3) is 0.562. The number of benzene rings is 1. The lowest BCUT2D eigenvalue weighted by atomic mass is 10.0. The molecule has 1 amide bonds. The number of anilines is 1. The van der Waals surface area contributed by atoms with Gasteiger partial charge < -0.3 is 11.1 Å². The highest BCUT2D eigenvalue weighted by atomic mass is 16.1. The second-order valence-corrected chi connectivity index (χ2v) is 5.86. The van der Waals surface area contributed by atoms with Crippen LogP contribution in [0.2, 0.25) is 0 Å². The van der Waals surface area contributed by atoms with Crippen LogP contribution in [0.4, 0.5) is 5.69 Å². The van der Waals surface area contributed by atoms with E-state index < -0.39 is 0 Å². The van der Waals surface area contributed by atoms with E-state index in [-0.39, 0.29) is 5.91 Å². The van der Waals surface area contributed by atoms with Crippen molar-refractivity contribution in [2.24, 2.45) is 5.92 Å². The fourth-order valence-electron chi connectivity index (χ4n) is 2.72. The van der Waals surface area contributed by atoms with Crippen LogP contribution in [0.1, 0.15) is 54.9 Å². The number of rotatable bonds is 2. The molecule has 2 atom stereocenters. The number of aryl methyl sites for hydroxylation is 1. The van der Waals surface area contributed by atoms with E-state index in [1.165, 1.54) is 19.3 Å². The van der Waals surface area contributed by atoms with Gasteiger partial charge in [0.1, 0.15) is 0 Å². The SMILES string of the molecule is Cc1cc(C(=O)NC2CCCC(C)CC2)ccc1N. The molecule has 1 fully saturated rings. The molecule has 3 heteroatoms. The van der Waals surface area contributed by atoms with E-state index in [2.05, 4.69) is 12.2 Å². The molecule has 3 nitrogen and oxygen atoms in total. The lowest BCUT2D eigenvalue weighted by Crippen LogP contribution is -2.34. The summed E-state index contributed by atoms with van der Waals surface area (Å²) in [6.45, 7) is 4.23. The zero-order valence-corrected chi connectivity index (χ0v) is 11.9. The third-order valence-corrected chi connectivity index (χ3v) is 4.12. The average molecular weight is 260 g/mol. The van der Waals surface area contributed by atoms with Gasteiger partial charge in [0.15, 0.2) is 0 Å². The van der Waals surface area contributed by atoms with Crippen molar-refractivity contribution in [2.75, 3.05) is 5.73 Å². The summed E-state index contributed by atoms with van der Waals surface area (Å²) in [5, 5.41) is 3.16. The van der Waals surface area contributed by atoms with Gasteiger partial charge in [0.2, 0.25) is 0 Å². The summed E-state index contributed by atoms with van der Waals surface area (Å²) in [6.07, 6.45) is 5.91. The summed E-state index contributed by atoms with van der Waals surface area (Å²) in [4.78, 5) is 12.2. The van der Waals surface area contributed by atoms with Crippen molar-refractivity contribution < 1.29 is 4.79 Å². The van der Waals surface area contributed by atoms with Gasteiger partial charge in [0.25, 0.3) is 5.91 Å². The second kappa shape index (κ2) is 6.09. The molecule has 1 aliphatic carbocycles. The normalized spacial score (nSPS) is 23.7. The Kier molecular flexibility index (Phi) is 4.46. The van der Waals surface area contributed by atoms with Crippen LogP contribution in [0.3, 0.4) is 0 Å². The minimum atomic E-state index is 0.0302. The van der Waals surface area contributed by atoms with Gasteiger partial charge in [-0.1, -0.05) is 19.8 Å². The molecule has 0 spiro atoms. The molecule has 3 N–H and O–H groups in total. The Bertz CT molecular complexity index is 456. The highest BCUT2D eigenvalue weighted by Gasteiger charge is 2.18. The number of carbonyl (C=O) groups excluding carboxylic acids is 1. The van der Waals surface area contributed by atoms with Gasteiger partial charge >= 0.3 is 0 Å². The topological polar surface area (TPSA) is 55.1 Å². The van der Waals surface area contributed by atoms with E-state index in [1.807, 2.05) is 13.0 Å². The van der Waals surface area contributed by atoms with Crippen molar-refractivity contribution in [3.63, 3.8) is 0 Å². The Morgan fingerprint density at radius 3 is 2.79 bits per heavy atom. The van der Waals surface area contributed by atoms with Gasteiger partial charge in [0.05, 0.1) is 0 Å². The molecule has 1 saturated carbocycles. The third-order valence-electron chi connectivity index (χ3n) is 4.12. The molecule has 2 unspecified atom stereocenters. The number of carbonyl (C=O) groups is 1. The second-order valence-electron chi connectivity index (χ2n) is 5.86. The summed E-state index contributed by atoms with van der Waals surface area (Å²) in [5.41, 5.74) is 8.19. The molecule has 0 saturated heterocycles. The van der Waals surface area contributed by atoms with E-state index in [0.717, 1.165) is 30.0 Å². The number of nitrogens with one attached hydrogen (secondary N) is 1. The first kappa shape index (κ1) is 13.9. The van der Waals surface area contributed by atoms with Crippen LogP contribution < -0.4 is 11.1 Å². The van der Waals surface area contributed by atoms with Gasteiger partial charge in [-0.2, -0.15) is 0 Å². The first-order valence-electron chi connectivity index (χ1n) is 7.23. The number of amides is 1. The molecule has 0 aromatic heterocycles. The van der Waals surface area contributed by atoms with Crippen molar-refractivity contribution in [3.8, 4) is 0 Å². The smallest absolute Gasteiger partial charge is 0.251 e. The molecule has 2 rings (SSSR count). The monoisotopic (exact) mass is 260 g/mol. The molecule has 0 aliphatic heterocycles. The van der Waals surface area contributed by atoms with E-state index in [0.29, 0.717) is 11.6 Å². The van der Waals surface area contributed by atoms with Crippen molar-refractivity contribution in [3.05, 3.63) is 29.3 Å². The van der Waals surface area contributed by atoms with E-state index in [1.54, 1.807) is 12.1 Å². The minimum Gasteiger partial charge on any atom is -0.399 e. The number of nitrogen functional groups attached to an aromatic ring is 1. The number of hydrogen-bond donors (Lipinski definition) is 2. The predicted octanol–water partition coefficient (Wildman–Crippen LogP) is 3.28. The molecule has 0 heterocycles. The lowest BCUT2D eigenvalue weighted by molar-refractivity contribution is 0.0933. The first-order valence-corrected chi connectivity index (χ1v) is 7.23. The van der Waals surface area contributed by atoms with Crippen molar-refractivity contribution in [1.29, 1.82) is 0 Å². The lowest BCUT2D eigenvalue weighted by Gasteiger charge is -2.16. The first-order chi connectivity index (χ1) is 9.06. The standard InChI is InChI=1S/C16H24N2O/c1-11-4-3-5-14(8-6-11)18-16(19)13-7-9-15(17)12(2)10-13/h7,9-11,14H,3-6,8,17H2,1-2H3,(H,18,19). The van der Waals surface area contributed by atoms with Crippen LogP contribution in [0.15, 0.2) is 18.2 Å². The van der Waals surface area contributed by atoms with Crippen molar-refractivity contribution in [2.45, 2.75) is 52.0 Å². The van der Waals surface area contributed by atoms with Gasteiger partial charge in [-0.15, -0.1) is 0 Å². The summed E-state index contributed by atoms with van der Waals surface area (Å²) in [6, 6.07) is 5.80. The van der Waals surface area contributed by atoms with Crippen molar-refractivity contribution >= 4 is 11.6 Å². The van der Waals surface area contributed by atoms with Gasteiger partial charge in [-0.25, -0.2) is 0 Å². The highest BCUT2D eigenvalue weighted by Crippen LogP contribution is 2.23. The summed E-state index contributed by atoms with van der Waals surface area (Å²) >= 11 is 0. The van der Waals surface area contributed by atoms with E-state index in [4.69, 9.17) is 5.73 Å². The molecule has 0 radical (unpaired) electrons. The van der Waals surface area contributed by atoms with Crippen LogP contribution in [-0.2, 0) is 0 Å². The Morgan fingerprint density at radius 2 is 2.05 bits per heavy atom. The average Bonchev–Trinajstić information content (AvgIpc) is 2.58. The molecular formula is C16H24N2O. The van der Waals surface area contributed by atoms with Gasteiger partial charge in [-0.05, 0) is 55.9 Å². The van der Waals surface area contributed by atoms with Crippen LogP contribution in [0.25, 0.3) is 0 Å². The quantitative estimate of drug-likeness (QED) is 0.633. The summed E-state index contributed by atoms with van der Waals surface area (Å²) in [5.74, 6) is 0.823. The summed E-state index contributed by atoms with van der Waals surface area (Å²) < 4.78 is 0. The molecule has 19 heavy (non-hydrogen) atoms. The van der Waals surface area contributed by atoms with Crippen LogP contribution in [-0.4, -0.2) is 11.9 Å². The molecule has 1 aliphatic rings. The Labute approximate surface area is 115 Å². The minimum absolute atomic E-state index is 0.0302. The number of nitrogens with two attached hydrogens (primary N) is 1. The fourth-order valence-corrected chi connectivity index (χ4v) is 2.72. The maximum atomic E-state index is 12.2. The largest absolute Gasteiger partial charge is 0.399 e. The predicted molar refractivity (Wildman–Crippen MR) is 79.1 cm³/mol. The molecular weight excluding hydrogens is 236 g/mol. The Morgan fingerprint density at radius 1 is 1.26 bits per heavy atom. The highest BCUT2D eigenvalue weighted by molar-refractivity contribution is 5.95. The molecule has 0 bridgehead atoms. The molecule has 104 valence electrons.